The van der Waals surface area contributed by atoms with Crippen LogP contribution in [-0.4, -0.2) is 50.3 Å². The highest BCUT2D eigenvalue weighted by Gasteiger charge is 2.20. The molecule has 2 atom stereocenters. The van der Waals surface area contributed by atoms with Crippen molar-refractivity contribution in [2.75, 3.05) is 33.4 Å². The summed E-state index contributed by atoms with van der Waals surface area (Å²) < 4.78 is 5.42. The fraction of sp³-hybridized carbons (Fsp3) is 1.00. The Hall–Kier alpha value is -0.120. The van der Waals surface area contributed by atoms with Gasteiger partial charge in [-0.1, -0.05) is 19.8 Å². The Morgan fingerprint density at radius 3 is 2.67 bits per heavy atom. The second-order valence-electron chi connectivity index (χ2n) is 6.25. The lowest BCUT2D eigenvalue weighted by Crippen LogP contribution is -2.43. The van der Waals surface area contributed by atoms with Crippen molar-refractivity contribution in [2.24, 2.45) is 5.92 Å². The van der Waals surface area contributed by atoms with Crippen molar-refractivity contribution in [1.29, 1.82) is 0 Å². The number of hydrogen-bond acceptors (Lipinski definition) is 3. The summed E-state index contributed by atoms with van der Waals surface area (Å²) in [6.45, 7) is 6.61. The van der Waals surface area contributed by atoms with Crippen LogP contribution in [0, 0.1) is 5.92 Å². The average Bonchev–Trinajstić information content (AvgIpc) is 2.40. The molecule has 1 saturated carbocycles. The first-order valence-electron chi connectivity index (χ1n) is 7.77. The number of hydrogen-bond donors (Lipinski definition) is 1. The zero-order valence-corrected chi connectivity index (χ0v) is 12.2. The van der Waals surface area contributed by atoms with Gasteiger partial charge in [0, 0.05) is 38.4 Å². The van der Waals surface area contributed by atoms with Crippen molar-refractivity contribution in [3.63, 3.8) is 0 Å². The van der Waals surface area contributed by atoms with E-state index >= 15 is 0 Å². The minimum absolute atomic E-state index is 0.742. The van der Waals surface area contributed by atoms with Gasteiger partial charge in [0.2, 0.25) is 0 Å². The highest BCUT2D eigenvalue weighted by atomic mass is 16.5. The third-order valence-corrected chi connectivity index (χ3v) is 4.65. The molecule has 0 bridgehead atoms. The predicted molar refractivity (Wildman–Crippen MR) is 75.9 cm³/mol. The number of nitrogens with zero attached hydrogens (tertiary/aromatic N) is 1. The lowest BCUT2D eigenvalue weighted by molar-refractivity contribution is 0.0430. The first-order chi connectivity index (χ1) is 8.75. The van der Waals surface area contributed by atoms with Crippen LogP contribution in [0.3, 0.4) is 0 Å². The van der Waals surface area contributed by atoms with E-state index in [1.54, 1.807) is 0 Å². The van der Waals surface area contributed by atoms with Gasteiger partial charge < -0.3 is 15.0 Å². The lowest BCUT2D eigenvalue weighted by Gasteiger charge is -2.32. The molecule has 1 heterocycles. The maximum absolute atomic E-state index is 5.42. The largest absolute Gasteiger partial charge is 0.381 e. The summed E-state index contributed by atoms with van der Waals surface area (Å²) in [7, 11) is 2.27. The van der Waals surface area contributed by atoms with Crippen LogP contribution in [0.5, 0.6) is 0 Å². The molecule has 0 radical (unpaired) electrons. The van der Waals surface area contributed by atoms with Gasteiger partial charge in [0.25, 0.3) is 0 Å². The van der Waals surface area contributed by atoms with Gasteiger partial charge >= 0.3 is 0 Å². The Bertz CT molecular complexity index is 229. The van der Waals surface area contributed by atoms with Gasteiger partial charge in [0.15, 0.2) is 0 Å². The van der Waals surface area contributed by atoms with Crippen molar-refractivity contribution in [3.05, 3.63) is 0 Å². The van der Waals surface area contributed by atoms with Crippen LogP contribution in [0.15, 0.2) is 0 Å². The molecule has 18 heavy (non-hydrogen) atoms. The van der Waals surface area contributed by atoms with Crippen LogP contribution < -0.4 is 5.32 Å². The first-order valence-corrected chi connectivity index (χ1v) is 7.77. The summed E-state index contributed by atoms with van der Waals surface area (Å²) in [5, 5.41) is 3.75. The fourth-order valence-corrected chi connectivity index (χ4v) is 3.37. The van der Waals surface area contributed by atoms with E-state index in [0.717, 1.165) is 37.8 Å². The molecule has 2 fully saturated rings. The molecule has 0 aromatic heterocycles. The summed E-state index contributed by atoms with van der Waals surface area (Å²) >= 11 is 0. The Kier molecular flexibility index (Phi) is 5.93. The highest BCUT2D eigenvalue weighted by Crippen LogP contribution is 2.23. The molecule has 0 aromatic carbocycles. The summed E-state index contributed by atoms with van der Waals surface area (Å²) in [6.07, 6.45) is 8.01. The Balaban J connectivity index is 1.59. The smallest absolute Gasteiger partial charge is 0.0480 e. The minimum Gasteiger partial charge on any atom is -0.381 e. The lowest BCUT2D eigenvalue weighted by atomic mass is 9.87. The zero-order chi connectivity index (χ0) is 12.8. The molecule has 3 heteroatoms. The molecule has 0 spiro atoms. The number of ether oxygens (including phenoxy) is 1. The van der Waals surface area contributed by atoms with E-state index in [2.05, 4.69) is 24.2 Å². The number of nitrogens with one attached hydrogen (secondary N) is 1. The maximum atomic E-state index is 5.42. The normalized spacial score (nSPS) is 30.8. The molecule has 1 N–H and O–H groups in total. The molecule has 3 nitrogen and oxygen atoms in total. The predicted octanol–water partition coefficient (Wildman–Crippen LogP) is 2.27. The molecule has 106 valence electrons. The van der Waals surface area contributed by atoms with E-state index in [0.29, 0.717) is 0 Å². The third kappa shape index (κ3) is 4.52. The van der Waals surface area contributed by atoms with E-state index in [-0.39, 0.29) is 0 Å². The van der Waals surface area contributed by atoms with Crippen molar-refractivity contribution in [2.45, 2.75) is 57.5 Å². The van der Waals surface area contributed by atoms with Gasteiger partial charge in [-0.3, -0.25) is 0 Å². The van der Waals surface area contributed by atoms with Crippen molar-refractivity contribution < 1.29 is 4.74 Å². The van der Waals surface area contributed by atoms with Gasteiger partial charge in [0.1, 0.15) is 0 Å². The monoisotopic (exact) mass is 254 g/mol. The van der Waals surface area contributed by atoms with Crippen LogP contribution in [-0.2, 0) is 4.74 Å². The Labute approximate surface area is 112 Å². The standard InChI is InChI=1S/C15H30N2O/c1-13-4-3-5-14(12-13)16-8-9-17(2)15-6-10-18-11-7-15/h13-16H,3-12H2,1-2H3. The van der Waals surface area contributed by atoms with E-state index in [4.69, 9.17) is 4.74 Å². The maximum Gasteiger partial charge on any atom is 0.0480 e. The van der Waals surface area contributed by atoms with Gasteiger partial charge in [-0.15, -0.1) is 0 Å². The van der Waals surface area contributed by atoms with Crippen LogP contribution in [0.4, 0.5) is 0 Å². The van der Waals surface area contributed by atoms with Crippen LogP contribution >= 0.6 is 0 Å². The summed E-state index contributed by atoms with van der Waals surface area (Å²) in [4.78, 5) is 2.52. The molecular weight excluding hydrogens is 224 g/mol. The third-order valence-electron chi connectivity index (χ3n) is 4.65. The number of likely N-dealkylation sites (N-methyl/N-ethyl adjacent to an activating group) is 1. The quantitative estimate of drug-likeness (QED) is 0.814. The fourth-order valence-electron chi connectivity index (χ4n) is 3.37. The molecule has 0 amide bonds. The van der Waals surface area contributed by atoms with Crippen LogP contribution in [0.25, 0.3) is 0 Å². The van der Waals surface area contributed by atoms with Gasteiger partial charge in [-0.2, -0.15) is 0 Å². The van der Waals surface area contributed by atoms with Crippen molar-refractivity contribution in [1.82, 2.24) is 10.2 Å². The van der Waals surface area contributed by atoms with Gasteiger partial charge in [-0.25, -0.2) is 0 Å². The Morgan fingerprint density at radius 2 is 1.94 bits per heavy atom. The van der Waals surface area contributed by atoms with E-state index < -0.39 is 0 Å². The van der Waals surface area contributed by atoms with Crippen molar-refractivity contribution >= 4 is 0 Å². The SMILES string of the molecule is CC1CCCC(NCCN(C)C2CCOCC2)C1. The molecule has 1 saturated heterocycles. The highest BCUT2D eigenvalue weighted by molar-refractivity contribution is 4.77. The molecular formula is C15H30N2O. The zero-order valence-electron chi connectivity index (χ0n) is 12.2. The summed E-state index contributed by atoms with van der Waals surface area (Å²) in [5.41, 5.74) is 0. The topological polar surface area (TPSA) is 24.5 Å². The van der Waals surface area contributed by atoms with E-state index in [9.17, 15) is 0 Å². The van der Waals surface area contributed by atoms with Crippen LogP contribution in [0.1, 0.15) is 45.4 Å². The number of rotatable bonds is 5. The molecule has 2 rings (SSSR count). The van der Waals surface area contributed by atoms with Gasteiger partial charge in [-0.05, 0) is 38.6 Å². The van der Waals surface area contributed by atoms with E-state index in [1.165, 1.54) is 45.1 Å². The average molecular weight is 254 g/mol. The van der Waals surface area contributed by atoms with Crippen molar-refractivity contribution in [3.8, 4) is 0 Å². The molecule has 2 aliphatic rings. The first kappa shape index (κ1) is 14.3. The minimum atomic E-state index is 0.742. The van der Waals surface area contributed by atoms with E-state index in [1.807, 2.05) is 0 Å². The molecule has 1 aliphatic carbocycles. The summed E-state index contributed by atoms with van der Waals surface area (Å²) in [5.74, 6) is 0.921. The second kappa shape index (κ2) is 7.46. The molecule has 1 aliphatic heterocycles. The molecule has 0 aromatic rings. The van der Waals surface area contributed by atoms with Gasteiger partial charge in [0.05, 0.1) is 0 Å². The second-order valence-corrected chi connectivity index (χ2v) is 6.25. The Morgan fingerprint density at radius 1 is 1.17 bits per heavy atom. The van der Waals surface area contributed by atoms with Crippen LogP contribution in [0.2, 0.25) is 0 Å². The molecule has 2 unspecified atom stereocenters. The summed E-state index contributed by atoms with van der Waals surface area (Å²) in [6, 6.07) is 1.52.